The quantitative estimate of drug-likeness (QED) is 0.622. The van der Waals surface area contributed by atoms with Crippen molar-refractivity contribution in [3.63, 3.8) is 0 Å². The zero-order valence-corrected chi connectivity index (χ0v) is 20.6. The van der Waals surface area contributed by atoms with Gasteiger partial charge in [-0.3, -0.25) is 9.59 Å². The molecule has 1 aliphatic carbocycles. The number of hydrogen-bond acceptors (Lipinski definition) is 9. The molecule has 3 heterocycles. The van der Waals surface area contributed by atoms with Gasteiger partial charge in [0.25, 0.3) is 0 Å². The molecule has 2 aliphatic heterocycles. The molecule has 10 heteroatoms. The zero-order chi connectivity index (χ0) is 24.7. The summed E-state index contributed by atoms with van der Waals surface area (Å²) in [4.78, 5) is 37.9. The van der Waals surface area contributed by atoms with E-state index in [9.17, 15) is 9.59 Å². The van der Waals surface area contributed by atoms with Crippen LogP contribution in [0.15, 0.2) is 36.3 Å². The van der Waals surface area contributed by atoms with Gasteiger partial charge in [0.1, 0.15) is 22.1 Å². The first-order chi connectivity index (χ1) is 16.9. The summed E-state index contributed by atoms with van der Waals surface area (Å²) in [6, 6.07) is 3.55. The van der Waals surface area contributed by atoms with Crippen molar-refractivity contribution in [3.05, 3.63) is 46.9 Å². The molecule has 35 heavy (non-hydrogen) atoms. The van der Waals surface area contributed by atoms with Gasteiger partial charge >= 0.3 is 0 Å². The van der Waals surface area contributed by atoms with E-state index in [1.807, 2.05) is 6.92 Å². The highest BCUT2D eigenvalue weighted by Crippen LogP contribution is 2.52. The number of methoxy groups -OCH3 is 2. The fourth-order valence-corrected chi connectivity index (χ4v) is 5.43. The number of anilines is 1. The van der Waals surface area contributed by atoms with E-state index < -0.39 is 23.1 Å². The summed E-state index contributed by atoms with van der Waals surface area (Å²) in [5.74, 6) is 0.208. The largest absolute Gasteiger partial charge is 0.496 e. The van der Waals surface area contributed by atoms with Gasteiger partial charge < -0.3 is 24.4 Å². The number of benzene rings is 1. The number of piperidine rings is 1. The third-order valence-electron chi connectivity index (χ3n) is 7.03. The average molecular weight is 499 g/mol. The minimum absolute atomic E-state index is 0.133. The predicted octanol–water partition coefficient (Wildman–Crippen LogP) is 3.21. The van der Waals surface area contributed by atoms with Crippen LogP contribution in [0.4, 0.5) is 5.95 Å². The van der Waals surface area contributed by atoms with Crippen LogP contribution in [0.25, 0.3) is 0 Å². The Kier molecular flexibility index (Phi) is 6.04. The number of rotatable bonds is 5. The monoisotopic (exact) mass is 498 g/mol. The number of hydrogen-bond donors (Lipinski definition) is 1. The zero-order valence-electron chi connectivity index (χ0n) is 19.8. The van der Waals surface area contributed by atoms with E-state index in [0.29, 0.717) is 12.2 Å². The van der Waals surface area contributed by atoms with E-state index in [1.165, 1.54) is 26.4 Å². The Morgan fingerprint density at radius 1 is 1.14 bits per heavy atom. The van der Waals surface area contributed by atoms with Crippen LogP contribution in [0, 0.1) is 5.92 Å². The maximum absolute atomic E-state index is 13.6. The molecule has 2 unspecified atom stereocenters. The second-order valence-electron chi connectivity index (χ2n) is 9.06. The summed E-state index contributed by atoms with van der Waals surface area (Å²) in [5, 5.41) is 3.67. The van der Waals surface area contributed by atoms with Crippen LogP contribution in [0.3, 0.4) is 0 Å². The molecule has 0 amide bonds. The second-order valence-corrected chi connectivity index (χ2v) is 9.44. The molecule has 2 aromatic rings. The summed E-state index contributed by atoms with van der Waals surface area (Å²) in [5.41, 5.74) is -0.672. The number of allylic oxidation sites excluding steroid dienone is 1. The second kappa shape index (κ2) is 9.03. The number of carbonyl (C=O) groups is 2. The van der Waals surface area contributed by atoms with E-state index in [1.54, 1.807) is 18.5 Å². The fourth-order valence-electron chi connectivity index (χ4n) is 5.17. The Labute approximate surface area is 208 Å². The van der Waals surface area contributed by atoms with Gasteiger partial charge in [0.15, 0.2) is 5.75 Å². The van der Waals surface area contributed by atoms with Crippen molar-refractivity contribution in [2.24, 2.45) is 5.92 Å². The minimum atomic E-state index is -1.66. The number of Topliss-reactive ketones (excluding diaryl/α,β-unsaturated/α-hetero) is 1. The van der Waals surface area contributed by atoms with Crippen molar-refractivity contribution in [1.29, 1.82) is 0 Å². The highest BCUT2D eigenvalue weighted by Gasteiger charge is 2.60. The molecule has 1 spiro atoms. The van der Waals surface area contributed by atoms with Gasteiger partial charge in [0, 0.05) is 55.3 Å². The van der Waals surface area contributed by atoms with E-state index >= 15 is 0 Å². The van der Waals surface area contributed by atoms with E-state index in [2.05, 4.69) is 20.2 Å². The third-order valence-corrected chi connectivity index (χ3v) is 7.39. The smallest absolute Gasteiger partial charge is 0.236 e. The molecule has 2 atom stereocenters. The summed E-state index contributed by atoms with van der Waals surface area (Å²) in [6.45, 7) is 3.49. The summed E-state index contributed by atoms with van der Waals surface area (Å²) < 4.78 is 16.8. The highest BCUT2D eigenvalue weighted by atomic mass is 35.5. The van der Waals surface area contributed by atoms with Crippen molar-refractivity contribution < 1.29 is 23.8 Å². The summed E-state index contributed by atoms with van der Waals surface area (Å²) in [7, 11) is 2.91. The van der Waals surface area contributed by atoms with Crippen molar-refractivity contribution in [2.45, 2.75) is 37.8 Å². The maximum atomic E-state index is 13.6. The van der Waals surface area contributed by atoms with Gasteiger partial charge in [-0.1, -0.05) is 18.5 Å². The molecular formula is C25H27ClN4O5. The fraction of sp³-hybridized carbons (Fsp3) is 0.440. The first-order valence-corrected chi connectivity index (χ1v) is 12.0. The number of ether oxygens (including phenoxy) is 3. The Bertz CT molecular complexity index is 1200. The number of ketones is 2. The highest BCUT2D eigenvalue weighted by molar-refractivity contribution is 6.36. The lowest BCUT2D eigenvalue weighted by molar-refractivity contribution is -0.129. The van der Waals surface area contributed by atoms with Gasteiger partial charge in [-0.15, -0.1) is 0 Å². The molecule has 184 valence electrons. The molecule has 0 bridgehead atoms. The first-order valence-electron chi connectivity index (χ1n) is 11.6. The molecule has 0 saturated carbocycles. The van der Waals surface area contributed by atoms with Crippen molar-refractivity contribution >= 4 is 29.1 Å². The van der Waals surface area contributed by atoms with Gasteiger partial charge in [-0.2, -0.15) is 0 Å². The van der Waals surface area contributed by atoms with Crippen LogP contribution < -0.4 is 24.4 Å². The predicted molar refractivity (Wildman–Crippen MR) is 130 cm³/mol. The summed E-state index contributed by atoms with van der Waals surface area (Å²) in [6.07, 6.45) is 7.25. The Morgan fingerprint density at radius 3 is 2.46 bits per heavy atom. The molecular weight excluding hydrogens is 472 g/mol. The van der Waals surface area contributed by atoms with Gasteiger partial charge in [-0.25, -0.2) is 9.97 Å². The summed E-state index contributed by atoms with van der Waals surface area (Å²) >= 11 is 6.45. The van der Waals surface area contributed by atoms with E-state index in [4.69, 9.17) is 25.8 Å². The maximum Gasteiger partial charge on any atom is 0.236 e. The molecule has 3 aliphatic rings. The van der Waals surface area contributed by atoms with Crippen LogP contribution in [-0.4, -0.2) is 60.5 Å². The number of halogens is 1. The van der Waals surface area contributed by atoms with Gasteiger partial charge in [0.05, 0.1) is 14.2 Å². The van der Waals surface area contributed by atoms with E-state index in [-0.39, 0.29) is 28.1 Å². The van der Waals surface area contributed by atoms with Crippen LogP contribution in [0.2, 0.25) is 5.02 Å². The molecule has 1 N–H and O–H groups in total. The van der Waals surface area contributed by atoms with Crippen LogP contribution in [-0.2, 0) is 4.79 Å². The normalized spacial score (nSPS) is 24.2. The van der Waals surface area contributed by atoms with Gasteiger partial charge in [0.2, 0.25) is 23.1 Å². The molecule has 0 radical (unpaired) electrons. The molecule has 9 nitrogen and oxygen atoms in total. The number of fused-ring (bicyclic) bond motifs is 1. The SMILES string of the molecule is COc1cc(OC)c2c(c1Cl)OC1(C(=O)C=C(NC3CCN(c4ncccn4)CC3)CC1C)C2=O. The molecule has 5 rings (SSSR count). The molecule has 1 aromatic carbocycles. The lowest BCUT2D eigenvalue weighted by Crippen LogP contribution is -2.56. The van der Waals surface area contributed by atoms with E-state index in [0.717, 1.165) is 37.6 Å². The number of nitrogens with zero attached hydrogens (tertiary/aromatic N) is 3. The Balaban J connectivity index is 1.33. The number of aromatic nitrogens is 2. The Morgan fingerprint density at radius 2 is 1.83 bits per heavy atom. The van der Waals surface area contributed by atoms with Crippen molar-refractivity contribution in [2.75, 3.05) is 32.2 Å². The molecule has 1 aromatic heterocycles. The minimum Gasteiger partial charge on any atom is -0.496 e. The standard InChI is InChI=1S/C25H27ClN4O5/c1-14-11-16(29-15-5-9-30(10-6-15)24-27-7-4-8-28-24)12-19(31)25(14)23(32)20-17(33-2)13-18(34-3)21(26)22(20)35-25/h4,7-8,12-15,29H,5-6,9-11H2,1-3H3. The van der Waals surface area contributed by atoms with Crippen molar-refractivity contribution in [1.82, 2.24) is 15.3 Å². The lowest BCUT2D eigenvalue weighted by Gasteiger charge is -2.38. The van der Waals surface area contributed by atoms with Crippen LogP contribution in [0.5, 0.6) is 17.2 Å². The Hall–Kier alpha value is -3.33. The number of nitrogens with one attached hydrogen (secondary N) is 1. The molecule has 1 fully saturated rings. The first kappa shape index (κ1) is 23.4. The molecule has 1 saturated heterocycles. The van der Waals surface area contributed by atoms with Crippen LogP contribution >= 0.6 is 11.6 Å². The van der Waals surface area contributed by atoms with Crippen LogP contribution in [0.1, 0.15) is 36.5 Å². The lowest BCUT2D eigenvalue weighted by atomic mass is 9.74. The third kappa shape index (κ3) is 3.78. The van der Waals surface area contributed by atoms with Gasteiger partial charge in [-0.05, 0) is 25.3 Å². The van der Waals surface area contributed by atoms with Crippen molar-refractivity contribution in [3.8, 4) is 17.2 Å². The number of carbonyl (C=O) groups excluding carboxylic acids is 2. The topological polar surface area (TPSA) is 103 Å². The average Bonchev–Trinajstić information content (AvgIpc) is 3.19.